The first kappa shape index (κ1) is 11.6. The van der Waals surface area contributed by atoms with Crippen molar-refractivity contribution in [2.24, 2.45) is 0 Å². The lowest BCUT2D eigenvalue weighted by Crippen LogP contribution is -2.06. The molecule has 0 spiro atoms. The van der Waals surface area contributed by atoms with E-state index in [-0.39, 0.29) is 22.9 Å². The third kappa shape index (κ3) is 3.67. The van der Waals surface area contributed by atoms with Gasteiger partial charge < -0.3 is 9.84 Å². The molecule has 7 heteroatoms. The van der Waals surface area contributed by atoms with Gasteiger partial charge in [-0.15, -0.1) is 0 Å². The number of aromatic nitrogens is 1. The highest BCUT2D eigenvalue weighted by Gasteiger charge is 2.11. The number of carboxylic acid groups (broad SMARTS) is 1. The number of ether oxygens (including phenoxy) is 1. The molecule has 0 aliphatic carbocycles. The lowest BCUT2D eigenvalue weighted by atomic mass is 10.2. The van der Waals surface area contributed by atoms with E-state index < -0.39 is 12.6 Å². The molecular weight excluding hydrogens is 232 g/mol. The monoisotopic (exact) mass is 237 g/mol. The summed E-state index contributed by atoms with van der Waals surface area (Å²) in [6.07, 6.45) is 0.689. The molecule has 1 heterocycles. The Labute approximate surface area is 88.4 Å². The van der Waals surface area contributed by atoms with Crippen LogP contribution in [0, 0.1) is 0 Å². The van der Waals surface area contributed by atoms with E-state index in [4.69, 9.17) is 16.7 Å². The second-order valence-corrected chi connectivity index (χ2v) is 2.96. The molecule has 0 saturated heterocycles. The topological polar surface area (TPSA) is 59.4 Å². The van der Waals surface area contributed by atoms with Crippen molar-refractivity contribution in [3.63, 3.8) is 0 Å². The Morgan fingerprint density at radius 3 is 2.87 bits per heavy atom. The number of nitrogens with zero attached hydrogens (tertiary/aromatic N) is 1. The lowest BCUT2D eigenvalue weighted by Gasteiger charge is -2.07. The Morgan fingerprint density at radius 2 is 2.33 bits per heavy atom. The van der Waals surface area contributed by atoms with Gasteiger partial charge in [-0.05, 0) is 0 Å². The number of aliphatic carboxylic acids is 1. The maximum absolute atomic E-state index is 11.9. The van der Waals surface area contributed by atoms with E-state index in [0.717, 1.165) is 12.3 Å². The molecule has 1 aromatic rings. The summed E-state index contributed by atoms with van der Waals surface area (Å²) in [5, 5.41) is 8.35. The highest BCUT2D eigenvalue weighted by Crippen LogP contribution is 2.25. The zero-order valence-corrected chi connectivity index (χ0v) is 8.04. The van der Waals surface area contributed by atoms with E-state index in [1.807, 2.05) is 0 Å². The Bertz CT molecular complexity index is 373. The Balaban J connectivity index is 2.89. The van der Waals surface area contributed by atoms with E-state index in [2.05, 4.69) is 9.72 Å². The van der Waals surface area contributed by atoms with Crippen molar-refractivity contribution in [3.8, 4) is 5.75 Å². The van der Waals surface area contributed by atoms with Crippen LogP contribution in [0.3, 0.4) is 0 Å². The zero-order chi connectivity index (χ0) is 11.4. The molecule has 0 radical (unpaired) electrons. The lowest BCUT2D eigenvalue weighted by molar-refractivity contribution is -0.136. The van der Waals surface area contributed by atoms with Crippen LogP contribution in [-0.2, 0) is 11.2 Å². The summed E-state index contributed by atoms with van der Waals surface area (Å²) in [6.45, 7) is -3.01. The van der Waals surface area contributed by atoms with Crippen LogP contribution in [0.25, 0.3) is 0 Å². The molecule has 0 aliphatic heterocycles. The van der Waals surface area contributed by atoms with E-state index in [9.17, 15) is 13.6 Å². The number of carbonyl (C=O) groups is 1. The zero-order valence-electron chi connectivity index (χ0n) is 7.28. The average molecular weight is 238 g/mol. The second-order valence-electron chi connectivity index (χ2n) is 2.56. The first-order valence-corrected chi connectivity index (χ1v) is 4.18. The molecule has 0 fully saturated rings. The first-order valence-electron chi connectivity index (χ1n) is 3.80. The molecule has 0 aromatic carbocycles. The molecule has 0 amide bonds. The van der Waals surface area contributed by atoms with Crippen LogP contribution >= 0.6 is 11.6 Å². The van der Waals surface area contributed by atoms with Crippen LogP contribution in [0.2, 0.25) is 5.02 Å². The van der Waals surface area contributed by atoms with Gasteiger partial charge in [-0.3, -0.25) is 9.78 Å². The number of hydrogen-bond acceptors (Lipinski definition) is 3. The third-order valence-corrected chi connectivity index (χ3v) is 1.71. The number of pyridine rings is 1. The summed E-state index contributed by atoms with van der Waals surface area (Å²) >= 11 is 5.51. The van der Waals surface area contributed by atoms with Crippen LogP contribution in [0.5, 0.6) is 5.75 Å². The van der Waals surface area contributed by atoms with Crippen LogP contribution in [0.15, 0.2) is 12.3 Å². The highest BCUT2D eigenvalue weighted by atomic mass is 35.5. The Kier molecular flexibility index (Phi) is 3.79. The van der Waals surface area contributed by atoms with Crippen LogP contribution in [0.4, 0.5) is 8.78 Å². The molecule has 0 bridgehead atoms. The van der Waals surface area contributed by atoms with Gasteiger partial charge in [-0.25, -0.2) is 0 Å². The van der Waals surface area contributed by atoms with Crippen molar-refractivity contribution < 1.29 is 23.4 Å². The number of alkyl halides is 2. The fraction of sp³-hybridized carbons (Fsp3) is 0.250. The predicted octanol–water partition coefficient (Wildman–Crippen LogP) is 1.96. The number of halogens is 3. The van der Waals surface area contributed by atoms with Gasteiger partial charge in [0.1, 0.15) is 10.8 Å². The molecule has 1 aromatic heterocycles. The van der Waals surface area contributed by atoms with Gasteiger partial charge in [-0.1, -0.05) is 11.6 Å². The minimum atomic E-state index is -3.01. The molecule has 0 aliphatic rings. The van der Waals surface area contributed by atoms with Crippen molar-refractivity contribution in [2.45, 2.75) is 13.0 Å². The molecular formula is C8H6ClF2NO3. The summed E-state index contributed by atoms with van der Waals surface area (Å²) in [5.41, 5.74) is 0.0996. The molecule has 4 nitrogen and oxygen atoms in total. The van der Waals surface area contributed by atoms with Crippen LogP contribution < -0.4 is 4.74 Å². The minimum Gasteiger partial charge on any atom is -0.481 e. The normalized spacial score (nSPS) is 10.4. The van der Waals surface area contributed by atoms with E-state index in [1.165, 1.54) is 0 Å². The average Bonchev–Trinajstić information content (AvgIpc) is 2.09. The molecule has 1 rings (SSSR count). The van der Waals surface area contributed by atoms with Crippen LogP contribution in [-0.4, -0.2) is 22.7 Å². The molecule has 15 heavy (non-hydrogen) atoms. The fourth-order valence-electron chi connectivity index (χ4n) is 0.899. The minimum absolute atomic E-state index is 0.0931. The Morgan fingerprint density at radius 1 is 1.67 bits per heavy atom. The highest BCUT2D eigenvalue weighted by molar-refractivity contribution is 6.31. The van der Waals surface area contributed by atoms with E-state index in [0.29, 0.717) is 0 Å². The summed E-state index contributed by atoms with van der Waals surface area (Å²) in [5.74, 6) is -1.40. The summed E-state index contributed by atoms with van der Waals surface area (Å²) in [4.78, 5) is 14.0. The van der Waals surface area contributed by atoms with Crippen LogP contribution in [0.1, 0.15) is 5.69 Å². The molecule has 1 N–H and O–H groups in total. The molecule has 0 unspecified atom stereocenters. The van der Waals surface area contributed by atoms with Crippen molar-refractivity contribution in [1.29, 1.82) is 0 Å². The molecule has 0 saturated carbocycles. The fourth-order valence-corrected chi connectivity index (χ4v) is 1.05. The summed E-state index contributed by atoms with van der Waals surface area (Å²) < 4.78 is 27.8. The Hall–Kier alpha value is -1.43. The predicted molar refractivity (Wildman–Crippen MR) is 47.2 cm³/mol. The van der Waals surface area contributed by atoms with Crippen molar-refractivity contribution in [3.05, 3.63) is 23.0 Å². The van der Waals surface area contributed by atoms with Gasteiger partial charge in [0.25, 0.3) is 0 Å². The van der Waals surface area contributed by atoms with E-state index in [1.54, 1.807) is 0 Å². The second kappa shape index (κ2) is 4.88. The number of carboxylic acids is 1. The van der Waals surface area contributed by atoms with Gasteiger partial charge >= 0.3 is 12.6 Å². The first-order chi connectivity index (χ1) is 6.99. The largest absolute Gasteiger partial charge is 0.481 e. The van der Waals surface area contributed by atoms with Gasteiger partial charge in [0, 0.05) is 12.3 Å². The third-order valence-electron chi connectivity index (χ3n) is 1.43. The summed E-state index contributed by atoms with van der Waals surface area (Å²) in [7, 11) is 0. The van der Waals surface area contributed by atoms with Crippen molar-refractivity contribution in [1.82, 2.24) is 4.98 Å². The maximum Gasteiger partial charge on any atom is 0.387 e. The van der Waals surface area contributed by atoms with Crippen molar-refractivity contribution >= 4 is 17.6 Å². The van der Waals surface area contributed by atoms with Gasteiger partial charge in [-0.2, -0.15) is 8.78 Å². The SMILES string of the molecule is O=C(O)Cc1cc(OC(F)F)c(Cl)cn1. The van der Waals surface area contributed by atoms with Crippen molar-refractivity contribution in [2.75, 3.05) is 0 Å². The smallest absolute Gasteiger partial charge is 0.387 e. The van der Waals surface area contributed by atoms with Gasteiger partial charge in [0.05, 0.1) is 12.1 Å². The number of hydrogen-bond donors (Lipinski definition) is 1. The van der Waals surface area contributed by atoms with E-state index >= 15 is 0 Å². The number of rotatable bonds is 4. The van der Waals surface area contributed by atoms with Gasteiger partial charge in [0.2, 0.25) is 0 Å². The standard InChI is InChI=1S/C8H6ClF2NO3/c9-5-3-12-4(2-7(13)14)1-6(5)15-8(10)11/h1,3,8H,2H2,(H,13,14). The maximum atomic E-state index is 11.9. The molecule has 0 atom stereocenters. The summed E-state index contributed by atoms with van der Waals surface area (Å²) in [6, 6.07) is 1.07. The van der Waals surface area contributed by atoms with Gasteiger partial charge in [0.15, 0.2) is 0 Å². The quantitative estimate of drug-likeness (QED) is 0.870. The molecule has 82 valence electrons.